The number of hydrogen-bond acceptors (Lipinski definition) is 4. The lowest BCUT2D eigenvalue weighted by molar-refractivity contribution is 0.0995. The van der Waals surface area contributed by atoms with Gasteiger partial charge in [-0.25, -0.2) is 0 Å². The van der Waals surface area contributed by atoms with E-state index < -0.39 is 0 Å². The smallest absolute Gasteiger partial charge is 0.291 e. The van der Waals surface area contributed by atoms with Crippen molar-refractivity contribution >= 4 is 33.8 Å². The highest BCUT2D eigenvalue weighted by molar-refractivity contribution is 7.18. The molecule has 0 radical (unpaired) electrons. The molecule has 2 aromatic heterocycles. The fraction of sp³-hybridized carbons (Fsp3) is 0.111. The molecule has 0 saturated carbocycles. The number of nitrogens with one attached hydrogen (secondary N) is 2. The van der Waals surface area contributed by atoms with Gasteiger partial charge in [0.1, 0.15) is 0 Å². The molecule has 0 fully saturated rings. The van der Waals surface area contributed by atoms with Gasteiger partial charge < -0.3 is 15.1 Å². The molecule has 0 spiro atoms. The molecular formula is C18H16N2O3S. The van der Waals surface area contributed by atoms with Crippen LogP contribution in [0.1, 0.15) is 31.4 Å². The quantitative estimate of drug-likeness (QED) is 0.736. The molecule has 24 heavy (non-hydrogen) atoms. The summed E-state index contributed by atoms with van der Waals surface area (Å²) in [4.78, 5) is 24.8. The molecule has 0 unspecified atom stereocenters. The van der Waals surface area contributed by atoms with Crippen LogP contribution in [0.15, 0.2) is 53.1 Å². The van der Waals surface area contributed by atoms with Crippen molar-refractivity contribution in [2.75, 3.05) is 10.6 Å². The summed E-state index contributed by atoms with van der Waals surface area (Å²) in [6, 6.07) is 12.4. The third-order valence-corrected chi connectivity index (χ3v) is 4.66. The van der Waals surface area contributed by atoms with E-state index in [1.165, 1.54) is 17.6 Å². The predicted molar refractivity (Wildman–Crippen MR) is 94.8 cm³/mol. The zero-order valence-corrected chi connectivity index (χ0v) is 14.1. The van der Waals surface area contributed by atoms with Crippen LogP contribution in [-0.2, 0) is 0 Å². The average molecular weight is 340 g/mol. The van der Waals surface area contributed by atoms with Gasteiger partial charge in [0.05, 0.1) is 16.1 Å². The SMILES string of the molecule is Cc1cccc(NC(=O)c2ccc(NC(=O)c3ccco3)s2)c1C. The van der Waals surface area contributed by atoms with E-state index in [1.54, 1.807) is 24.3 Å². The van der Waals surface area contributed by atoms with Gasteiger partial charge in [-0.15, -0.1) is 11.3 Å². The molecule has 0 aliphatic heterocycles. The number of anilines is 2. The molecule has 5 nitrogen and oxygen atoms in total. The highest BCUT2D eigenvalue weighted by Crippen LogP contribution is 2.25. The van der Waals surface area contributed by atoms with Crippen LogP contribution >= 0.6 is 11.3 Å². The zero-order valence-electron chi connectivity index (χ0n) is 13.3. The first-order valence-corrected chi connectivity index (χ1v) is 8.18. The Morgan fingerprint density at radius 1 is 0.958 bits per heavy atom. The molecule has 6 heteroatoms. The number of benzene rings is 1. The van der Waals surface area contributed by atoms with Crippen molar-refractivity contribution in [3.63, 3.8) is 0 Å². The number of aryl methyl sites for hydroxylation is 1. The first-order chi connectivity index (χ1) is 11.5. The van der Waals surface area contributed by atoms with Gasteiger partial charge in [-0.05, 0) is 55.3 Å². The van der Waals surface area contributed by atoms with Crippen LogP contribution in [0.5, 0.6) is 0 Å². The fourth-order valence-corrected chi connectivity index (χ4v) is 2.98. The standard InChI is InChI=1S/C18H16N2O3S/c1-11-5-3-6-13(12(11)2)19-18(22)15-8-9-16(24-15)20-17(21)14-7-4-10-23-14/h3-10H,1-2H3,(H,19,22)(H,20,21). The van der Waals surface area contributed by atoms with Crippen molar-refractivity contribution in [2.24, 2.45) is 0 Å². The topological polar surface area (TPSA) is 71.3 Å². The Morgan fingerprint density at radius 3 is 2.54 bits per heavy atom. The van der Waals surface area contributed by atoms with E-state index in [0.29, 0.717) is 9.88 Å². The summed E-state index contributed by atoms with van der Waals surface area (Å²) >= 11 is 1.21. The summed E-state index contributed by atoms with van der Waals surface area (Å²) in [6.07, 6.45) is 1.44. The van der Waals surface area contributed by atoms with Crippen molar-refractivity contribution in [1.82, 2.24) is 0 Å². The molecule has 0 aliphatic carbocycles. The summed E-state index contributed by atoms with van der Waals surface area (Å²) in [5, 5.41) is 6.20. The van der Waals surface area contributed by atoms with Crippen LogP contribution in [0.25, 0.3) is 0 Å². The fourth-order valence-electron chi connectivity index (χ4n) is 2.18. The third-order valence-electron chi connectivity index (χ3n) is 3.66. The van der Waals surface area contributed by atoms with Gasteiger partial charge in [-0.2, -0.15) is 0 Å². The van der Waals surface area contributed by atoms with E-state index in [4.69, 9.17) is 4.42 Å². The van der Waals surface area contributed by atoms with Gasteiger partial charge in [-0.3, -0.25) is 9.59 Å². The highest BCUT2D eigenvalue weighted by Gasteiger charge is 2.14. The number of furan rings is 1. The molecule has 1 aromatic carbocycles. The molecule has 0 saturated heterocycles. The van der Waals surface area contributed by atoms with Crippen molar-refractivity contribution in [2.45, 2.75) is 13.8 Å². The summed E-state index contributed by atoms with van der Waals surface area (Å²) in [7, 11) is 0. The predicted octanol–water partition coefficient (Wildman–Crippen LogP) is 4.46. The van der Waals surface area contributed by atoms with Crippen molar-refractivity contribution < 1.29 is 14.0 Å². The average Bonchev–Trinajstić information content (AvgIpc) is 3.23. The van der Waals surface area contributed by atoms with E-state index in [9.17, 15) is 9.59 Å². The Kier molecular flexibility index (Phi) is 4.48. The molecule has 0 atom stereocenters. The lowest BCUT2D eigenvalue weighted by Gasteiger charge is -2.09. The van der Waals surface area contributed by atoms with Crippen LogP contribution in [0, 0.1) is 13.8 Å². The maximum atomic E-state index is 12.4. The van der Waals surface area contributed by atoms with Crippen molar-refractivity contribution in [3.8, 4) is 0 Å². The van der Waals surface area contributed by atoms with E-state index in [2.05, 4.69) is 10.6 Å². The second-order valence-corrected chi connectivity index (χ2v) is 6.38. The molecule has 2 N–H and O–H groups in total. The van der Waals surface area contributed by atoms with E-state index in [0.717, 1.165) is 16.8 Å². The molecule has 3 rings (SSSR count). The van der Waals surface area contributed by atoms with Gasteiger partial charge >= 0.3 is 0 Å². The van der Waals surface area contributed by atoms with Crippen LogP contribution in [0.2, 0.25) is 0 Å². The van der Waals surface area contributed by atoms with Gasteiger partial charge in [0.15, 0.2) is 5.76 Å². The first-order valence-electron chi connectivity index (χ1n) is 7.37. The lowest BCUT2D eigenvalue weighted by Crippen LogP contribution is -2.11. The monoisotopic (exact) mass is 340 g/mol. The summed E-state index contributed by atoms with van der Waals surface area (Å²) in [5.41, 5.74) is 2.94. The molecular weight excluding hydrogens is 324 g/mol. The second-order valence-electron chi connectivity index (χ2n) is 5.30. The van der Waals surface area contributed by atoms with Gasteiger partial charge in [0.25, 0.3) is 11.8 Å². The Hall–Kier alpha value is -2.86. The second kappa shape index (κ2) is 6.72. The number of carbonyl (C=O) groups excluding carboxylic acids is 2. The molecule has 0 aliphatic rings. The number of amides is 2. The van der Waals surface area contributed by atoms with Gasteiger partial charge in [0.2, 0.25) is 0 Å². The number of rotatable bonds is 4. The van der Waals surface area contributed by atoms with E-state index >= 15 is 0 Å². The van der Waals surface area contributed by atoms with E-state index in [-0.39, 0.29) is 17.6 Å². The van der Waals surface area contributed by atoms with Crippen LogP contribution in [-0.4, -0.2) is 11.8 Å². The maximum absolute atomic E-state index is 12.4. The zero-order chi connectivity index (χ0) is 17.1. The van der Waals surface area contributed by atoms with Crippen molar-refractivity contribution in [1.29, 1.82) is 0 Å². The lowest BCUT2D eigenvalue weighted by atomic mass is 10.1. The molecule has 2 amide bonds. The number of thiophene rings is 1. The summed E-state index contributed by atoms with van der Waals surface area (Å²) in [6.45, 7) is 3.97. The molecule has 3 aromatic rings. The molecule has 0 bridgehead atoms. The third kappa shape index (κ3) is 3.38. The molecule has 2 heterocycles. The highest BCUT2D eigenvalue weighted by atomic mass is 32.1. The van der Waals surface area contributed by atoms with Crippen LogP contribution < -0.4 is 10.6 Å². The molecule has 122 valence electrons. The minimum Gasteiger partial charge on any atom is -0.459 e. The van der Waals surface area contributed by atoms with Gasteiger partial charge in [-0.1, -0.05) is 12.1 Å². The number of hydrogen-bond donors (Lipinski definition) is 2. The van der Waals surface area contributed by atoms with Crippen molar-refractivity contribution in [3.05, 3.63) is 70.5 Å². The Morgan fingerprint density at radius 2 is 1.79 bits per heavy atom. The summed E-state index contributed by atoms with van der Waals surface area (Å²) in [5.74, 6) is -0.319. The first kappa shape index (κ1) is 16.0. The van der Waals surface area contributed by atoms with Crippen LogP contribution in [0.4, 0.5) is 10.7 Å². The van der Waals surface area contributed by atoms with Crippen LogP contribution in [0.3, 0.4) is 0 Å². The van der Waals surface area contributed by atoms with Gasteiger partial charge in [0, 0.05) is 5.69 Å². The minimum absolute atomic E-state index is 0.202. The Labute approximate surface area is 143 Å². The minimum atomic E-state index is -0.344. The largest absolute Gasteiger partial charge is 0.459 e. The van der Waals surface area contributed by atoms with E-state index in [1.807, 2.05) is 32.0 Å². The Bertz CT molecular complexity index is 882. The number of carbonyl (C=O) groups is 2. The Balaban J connectivity index is 1.70. The normalized spacial score (nSPS) is 10.4. The maximum Gasteiger partial charge on any atom is 0.291 e. The summed E-state index contributed by atoms with van der Waals surface area (Å²) < 4.78 is 5.04.